The molecular formula is C18H19BrN2O3. The number of carbonyl (C=O) groups is 3. The van der Waals surface area contributed by atoms with E-state index in [1.54, 1.807) is 25.1 Å². The van der Waals surface area contributed by atoms with E-state index in [-0.39, 0.29) is 17.9 Å². The van der Waals surface area contributed by atoms with Crippen molar-refractivity contribution in [3.8, 4) is 0 Å². The van der Waals surface area contributed by atoms with Crippen LogP contribution in [0.3, 0.4) is 0 Å². The first kappa shape index (κ1) is 15.8. The molecule has 1 N–H and O–H groups in total. The van der Waals surface area contributed by atoms with E-state index in [4.69, 9.17) is 0 Å². The molecule has 2 saturated carbocycles. The zero-order chi connectivity index (χ0) is 17.0. The number of rotatable bonds is 5. The molecule has 2 aliphatic carbocycles. The number of nitrogens with zero attached hydrogens (tertiary/aromatic N) is 1. The SMILES string of the molecule is C[C@@H](C(=O)NC(C1CC1)C1CC1)N1C(=O)c2ccc(Br)cc2C1=O. The summed E-state index contributed by atoms with van der Waals surface area (Å²) in [5, 5.41) is 3.10. The van der Waals surface area contributed by atoms with Crippen molar-refractivity contribution in [1.82, 2.24) is 10.2 Å². The van der Waals surface area contributed by atoms with Crippen LogP contribution in [0.2, 0.25) is 0 Å². The molecule has 1 aromatic rings. The van der Waals surface area contributed by atoms with Crippen LogP contribution in [0.1, 0.15) is 53.3 Å². The van der Waals surface area contributed by atoms with Crippen molar-refractivity contribution in [2.24, 2.45) is 11.8 Å². The monoisotopic (exact) mass is 390 g/mol. The van der Waals surface area contributed by atoms with Crippen LogP contribution in [0.25, 0.3) is 0 Å². The van der Waals surface area contributed by atoms with Gasteiger partial charge in [0.1, 0.15) is 6.04 Å². The van der Waals surface area contributed by atoms with Gasteiger partial charge in [-0.25, -0.2) is 0 Å². The normalized spacial score (nSPS) is 21.2. The Morgan fingerprint density at radius 3 is 2.29 bits per heavy atom. The van der Waals surface area contributed by atoms with Crippen molar-refractivity contribution >= 4 is 33.7 Å². The summed E-state index contributed by atoms with van der Waals surface area (Å²) in [5.41, 5.74) is 0.721. The molecule has 126 valence electrons. The highest BCUT2D eigenvalue weighted by Crippen LogP contribution is 2.44. The molecule has 3 amide bonds. The number of benzene rings is 1. The van der Waals surface area contributed by atoms with Crippen LogP contribution in [0.4, 0.5) is 0 Å². The van der Waals surface area contributed by atoms with Gasteiger partial charge in [0.2, 0.25) is 5.91 Å². The van der Waals surface area contributed by atoms with Gasteiger partial charge in [-0.05, 0) is 62.6 Å². The third kappa shape index (κ3) is 2.66. The van der Waals surface area contributed by atoms with E-state index in [2.05, 4.69) is 21.2 Å². The lowest BCUT2D eigenvalue weighted by Crippen LogP contribution is -2.51. The summed E-state index contributed by atoms with van der Waals surface area (Å²) in [5.74, 6) is 0.138. The first-order chi connectivity index (χ1) is 11.5. The summed E-state index contributed by atoms with van der Waals surface area (Å²) >= 11 is 3.32. The predicted octanol–water partition coefficient (Wildman–Crippen LogP) is 2.74. The van der Waals surface area contributed by atoms with Crippen molar-refractivity contribution in [2.75, 3.05) is 0 Å². The van der Waals surface area contributed by atoms with E-state index >= 15 is 0 Å². The predicted molar refractivity (Wildman–Crippen MR) is 91.5 cm³/mol. The number of amides is 3. The molecule has 1 aromatic carbocycles. The molecule has 6 heteroatoms. The van der Waals surface area contributed by atoms with Crippen LogP contribution in [0.5, 0.6) is 0 Å². The zero-order valence-corrected chi connectivity index (χ0v) is 15.0. The fraction of sp³-hybridized carbons (Fsp3) is 0.500. The van der Waals surface area contributed by atoms with Gasteiger partial charge < -0.3 is 5.32 Å². The van der Waals surface area contributed by atoms with Crippen LogP contribution in [-0.2, 0) is 4.79 Å². The largest absolute Gasteiger partial charge is 0.351 e. The Morgan fingerprint density at radius 1 is 1.12 bits per heavy atom. The summed E-state index contributed by atoms with van der Waals surface area (Å²) in [7, 11) is 0. The Kier molecular flexibility index (Phi) is 3.75. The van der Waals surface area contributed by atoms with Crippen LogP contribution >= 0.6 is 15.9 Å². The molecule has 5 nitrogen and oxygen atoms in total. The standard InChI is InChI=1S/C18H19BrN2O3/c1-9(16(22)20-15(10-2-3-10)11-4-5-11)21-17(23)13-7-6-12(19)8-14(13)18(21)24/h6-11,15H,2-5H2,1H3,(H,20,22)/t9-/m0/s1. The third-order valence-electron chi connectivity index (χ3n) is 5.22. The molecule has 1 heterocycles. The van der Waals surface area contributed by atoms with Gasteiger partial charge in [0.25, 0.3) is 11.8 Å². The Balaban J connectivity index is 1.52. The number of carbonyl (C=O) groups excluding carboxylic acids is 3. The van der Waals surface area contributed by atoms with E-state index in [0.29, 0.717) is 23.0 Å². The van der Waals surface area contributed by atoms with Gasteiger partial charge in [-0.3, -0.25) is 19.3 Å². The van der Waals surface area contributed by atoms with Gasteiger partial charge in [0, 0.05) is 10.5 Å². The average molecular weight is 391 g/mol. The fourth-order valence-corrected chi connectivity index (χ4v) is 3.88. The molecular weight excluding hydrogens is 372 g/mol. The molecule has 4 rings (SSSR count). The van der Waals surface area contributed by atoms with Crippen molar-refractivity contribution < 1.29 is 14.4 Å². The van der Waals surface area contributed by atoms with Crippen LogP contribution < -0.4 is 5.32 Å². The lowest BCUT2D eigenvalue weighted by atomic mass is 10.1. The second kappa shape index (κ2) is 5.69. The number of fused-ring (bicyclic) bond motifs is 1. The summed E-state index contributed by atoms with van der Waals surface area (Å²) < 4.78 is 0.740. The maximum Gasteiger partial charge on any atom is 0.262 e. The highest BCUT2D eigenvalue weighted by molar-refractivity contribution is 9.10. The Morgan fingerprint density at radius 2 is 1.71 bits per heavy atom. The van der Waals surface area contributed by atoms with E-state index in [1.807, 2.05) is 0 Å². The van der Waals surface area contributed by atoms with Gasteiger partial charge >= 0.3 is 0 Å². The maximum atomic E-state index is 12.6. The molecule has 0 spiro atoms. The van der Waals surface area contributed by atoms with Crippen molar-refractivity contribution in [3.63, 3.8) is 0 Å². The minimum Gasteiger partial charge on any atom is -0.351 e. The van der Waals surface area contributed by atoms with Crippen molar-refractivity contribution in [2.45, 2.75) is 44.7 Å². The second-order valence-corrected chi connectivity index (χ2v) is 7.97. The Labute approximate surface area is 148 Å². The minimum absolute atomic E-state index is 0.212. The third-order valence-corrected chi connectivity index (χ3v) is 5.71. The molecule has 0 aromatic heterocycles. The molecule has 0 bridgehead atoms. The first-order valence-electron chi connectivity index (χ1n) is 8.45. The van der Waals surface area contributed by atoms with E-state index in [9.17, 15) is 14.4 Å². The quantitative estimate of drug-likeness (QED) is 0.785. The average Bonchev–Trinajstić information content (AvgIpc) is 3.45. The summed E-state index contributed by atoms with van der Waals surface area (Å²) in [6, 6.07) is 4.41. The van der Waals surface area contributed by atoms with Crippen molar-refractivity contribution in [3.05, 3.63) is 33.8 Å². The number of imide groups is 1. The highest BCUT2D eigenvalue weighted by atomic mass is 79.9. The first-order valence-corrected chi connectivity index (χ1v) is 9.24. The smallest absolute Gasteiger partial charge is 0.262 e. The lowest BCUT2D eigenvalue weighted by Gasteiger charge is -2.25. The number of hydrogen-bond acceptors (Lipinski definition) is 3. The summed E-state index contributed by atoms with van der Waals surface area (Å²) in [6.45, 7) is 1.63. The molecule has 3 aliphatic rings. The van der Waals surface area contributed by atoms with E-state index < -0.39 is 11.9 Å². The van der Waals surface area contributed by atoms with Gasteiger partial charge in [-0.15, -0.1) is 0 Å². The van der Waals surface area contributed by atoms with Gasteiger partial charge in [0.05, 0.1) is 11.1 Å². The van der Waals surface area contributed by atoms with Crippen LogP contribution in [-0.4, -0.2) is 34.7 Å². The second-order valence-electron chi connectivity index (χ2n) is 7.06. The molecule has 2 fully saturated rings. The molecule has 24 heavy (non-hydrogen) atoms. The lowest BCUT2D eigenvalue weighted by molar-refractivity contribution is -0.125. The highest BCUT2D eigenvalue weighted by Gasteiger charge is 2.45. The number of halogens is 1. The van der Waals surface area contributed by atoms with Crippen LogP contribution in [0.15, 0.2) is 22.7 Å². The Bertz CT molecular complexity index is 728. The molecule has 0 unspecified atom stereocenters. The van der Waals surface area contributed by atoms with Gasteiger partial charge in [-0.1, -0.05) is 15.9 Å². The molecule has 0 radical (unpaired) electrons. The Hall–Kier alpha value is -1.69. The molecule has 1 aliphatic heterocycles. The number of nitrogens with one attached hydrogen (secondary N) is 1. The maximum absolute atomic E-state index is 12.6. The fourth-order valence-electron chi connectivity index (χ4n) is 3.52. The van der Waals surface area contributed by atoms with Gasteiger partial charge in [0.15, 0.2) is 0 Å². The number of hydrogen-bond donors (Lipinski definition) is 1. The van der Waals surface area contributed by atoms with E-state index in [0.717, 1.165) is 35.1 Å². The van der Waals surface area contributed by atoms with Crippen LogP contribution in [0, 0.1) is 11.8 Å². The van der Waals surface area contributed by atoms with Crippen molar-refractivity contribution in [1.29, 1.82) is 0 Å². The van der Waals surface area contributed by atoms with E-state index in [1.165, 1.54) is 0 Å². The zero-order valence-electron chi connectivity index (χ0n) is 13.4. The summed E-state index contributed by atoms with van der Waals surface area (Å²) in [4.78, 5) is 38.9. The minimum atomic E-state index is -0.795. The summed E-state index contributed by atoms with van der Waals surface area (Å²) in [6.07, 6.45) is 4.65. The van der Waals surface area contributed by atoms with Gasteiger partial charge in [-0.2, -0.15) is 0 Å². The molecule has 1 atom stereocenters. The topological polar surface area (TPSA) is 66.5 Å². The molecule has 0 saturated heterocycles.